The Hall–Kier alpha value is -4.37. The Bertz CT molecular complexity index is 1550. The normalized spacial score (nSPS) is 16.8. The lowest BCUT2D eigenvalue weighted by atomic mass is 10.1. The zero-order valence-electron chi connectivity index (χ0n) is 20.9. The molecule has 1 unspecified atom stereocenters. The predicted octanol–water partition coefficient (Wildman–Crippen LogP) is 6.67. The number of benzene rings is 2. The van der Waals surface area contributed by atoms with Crippen LogP contribution in [0, 0.1) is 6.92 Å². The summed E-state index contributed by atoms with van der Waals surface area (Å²) in [7, 11) is 0. The van der Waals surface area contributed by atoms with Gasteiger partial charge in [-0.15, -0.1) is 0 Å². The van der Waals surface area contributed by atoms with E-state index in [1.165, 1.54) is 17.4 Å². The third-order valence-corrected chi connectivity index (χ3v) is 7.91. The minimum atomic E-state index is -0.238. The van der Waals surface area contributed by atoms with Crippen molar-refractivity contribution in [3.05, 3.63) is 79.0 Å². The van der Waals surface area contributed by atoms with E-state index in [1.54, 1.807) is 11.1 Å². The molecule has 2 aliphatic rings. The summed E-state index contributed by atoms with van der Waals surface area (Å²) in [5, 5.41) is 8.44. The minimum Gasteiger partial charge on any atom is -0.457 e. The van der Waals surface area contributed by atoms with Crippen molar-refractivity contribution in [2.45, 2.75) is 25.8 Å². The molecule has 4 heterocycles. The molecule has 192 valence electrons. The summed E-state index contributed by atoms with van der Waals surface area (Å²) in [6, 6.07) is 17.0. The molecule has 2 aromatic carbocycles. The van der Waals surface area contributed by atoms with Gasteiger partial charge >= 0.3 is 6.03 Å². The molecule has 4 aromatic rings. The second-order valence-corrected chi connectivity index (χ2v) is 10.4. The van der Waals surface area contributed by atoms with Crippen molar-refractivity contribution < 1.29 is 14.3 Å². The first kappa shape index (κ1) is 24.0. The lowest BCUT2D eigenvalue weighted by Crippen LogP contribution is -2.44. The fourth-order valence-corrected chi connectivity index (χ4v) is 6.20. The minimum absolute atomic E-state index is 0.0577. The molecule has 0 spiro atoms. The Labute approximate surface area is 224 Å². The second kappa shape index (κ2) is 9.83. The summed E-state index contributed by atoms with van der Waals surface area (Å²) >= 11 is 1.51. The van der Waals surface area contributed by atoms with E-state index < -0.39 is 0 Å². The molecule has 9 heteroatoms. The molecule has 6 rings (SSSR count). The quantitative estimate of drug-likeness (QED) is 0.275. The number of aryl methyl sites for hydroxylation is 1. The lowest BCUT2D eigenvalue weighted by Gasteiger charge is -2.33. The van der Waals surface area contributed by atoms with Gasteiger partial charge in [0.15, 0.2) is 0 Å². The smallest absolute Gasteiger partial charge is 0.331 e. The molecule has 38 heavy (non-hydrogen) atoms. The number of piperidine rings is 1. The molecule has 0 saturated carbocycles. The molecule has 2 N–H and O–H groups in total. The number of rotatable bonds is 6. The van der Waals surface area contributed by atoms with Gasteiger partial charge in [-0.05, 0) is 67.8 Å². The maximum atomic E-state index is 13.5. The largest absolute Gasteiger partial charge is 0.457 e. The van der Waals surface area contributed by atoms with Gasteiger partial charge in [-0.3, -0.25) is 9.69 Å². The van der Waals surface area contributed by atoms with Crippen molar-refractivity contribution in [1.29, 1.82) is 0 Å². The molecule has 2 aliphatic heterocycles. The third-order valence-electron chi connectivity index (χ3n) is 6.88. The van der Waals surface area contributed by atoms with Crippen LogP contribution in [0.2, 0.25) is 0 Å². The molecule has 8 nitrogen and oxygen atoms in total. The summed E-state index contributed by atoms with van der Waals surface area (Å²) in [6.07, 6.45) is 4.94. The number of thiophene rings is 1. The number of ether oxygens (including phenoxy) is 1. The summed E-state index contributed by atoms with van der Waals surface area (Å²) in [6.45, 7) is 6.90. The number of pyridine rings is 1. The Morgan fingerprint density at radius 3 is 2.82 bits per heavy atom. The topological polar surface area (TPSA) is 86.8 Å². The molecule has 1 atom stereocenters. The van der Waals surface area contributed by atoms with E-state index >= 15 is 0 Å². The number of nitrogens with zero attached hydrogens (tertiary/aromatic N) is 3. The number of urea groups is 1. The van der Waals surface area contributed by atoms with Gasteiger partial charge in [-0.2, -0.15) is 0 Å². The van der Waals surface area contributed by atoms with E-state index in [0.717, 1.165) is 63.0 Å². The van der Waals surface area contributed by atoms with Crippen molar-refractivity contribution in [2.24, 2.45) is 0 Å². The highest BCUT2D eigenvalue weighted by Gasteiger charge is 2.33. The van der Waals surface area contributed by atoms with Gasteiger partial charge in [0.05, 0.1) is 22.4 Å². The predicted molar refractivity (Wildman–Crippen MR) is 152 cm³/mol. The van der Waals surface area contributed by atoms with Gasteiger partial charge in [0, 0.05) is 25.3 Å². The van der Waals surface area contributed by atoms with Crippen molar-refractivity contribution in [3.63, 3.8) is 0 Å². The number of amides is 3. The van der Waals surface area contributed by atoms with Gasteiger partial charge < -0.3 is 20.3 Å². The van der Waals surface area contributed by atoms with Crippen molar-refractivity contribution >= 4 is 55.6 Å². The Kier molecular flexibility index (Phi) is 6.21. The van der Waals surface area contributed by atoms with Gasteiger partial charge in [0.25, 0.3) is 0 Å². The van der Waals surface area contributed by atoms with Crippen LogP contribution in [-0.4, -0.2) is 41.0 Å². The van der Waals surface area contributed by atoms with Crippen LogP contribution < -0.4 is 20.3 Å². The molecule has 2 aromatic heterocycles. The molecule has 0 aliphatic carbocycles. The zero-order valence-corrected chi connectivity index (χ0v) is 21.8. The fourth-order valence-electron chi connectivity index (χ4n) is 5.10. The Morgan fingerprint density at radius 2 is 2.03 bits per heavy atom. The van der Waals surface area contributed by atoms with Crippen LogP contribution in [0.15, 0.2) is 73.4 Å². The molecule has 0 bridgehead atoms. The van der Waals surface area contributed by atoms with E-state index in [-0.39, 0.29) is 18.0 Å². The molecule has 0 radical (unpaired) electrons. The average Bonchev–Trinajstić information content (AvgIpc) is 3.27. The first-order chi connectivity index (χ1) is 18.5. The average molecular weight is 526 g/mol. The third kappa shape index (κ3) is 4.35. The van der Waals surface area contributed by atoms with E-state index in [0.29, 0.717) is 12.3 Å². The van der Waals surface area contributed by atoms with E-state index in [2.05, 4.69) is 22.2 Å². The van der Waals surface area contributed by atoms with Crippen molar-refractivity contribution in [3.8, 4) is 11.5 Å². The lowest BCUT2D eigenvalue weighted by molar-refractivity contribution is -0.127. The number of para-hydroxylation sites is 1. The van der Waals surface area contributed by atoms with Crippen LogP contribution in [0.5, 0.6) is 11.5 Å². The van der Waals surface area contributed by atoms with Crippen LogP contribution in [0.1, 0.15) is 18.4 Å². The van der Waals surface area contributed by atoms with E-state index in [4.69, 9.17) is 4.74 Å². The zero-order chi connectivity index (χ0) is 26.2. The number of anilines is 4. The number of hydrogen-bond donors (Lipinski definition) is 2. The number of hydrogen-bond acceptors (Lipinski definition) is 6. The van der Waals surface area contributed by atoms with Crippen LogP contribution >= 0.6 is 11.3 Å². The molecule has 1 saturated heterocycles. The van der Waals surface area contributed by atoms with Gasteiger partial charge in [0.1, 0.15) is 21.3 Å². The second-order valence-electron chi connectivity index (χ2n) is 9.42. The molecule has 3 amide bonds. The Morgan fingerprint density at radius 1 is 1.18 bits per heavy atom. The van der Waals surface area contributed by atoms with Crippen LogP contribution in [0.3, 0.4) is 0 Å². The van der Waals surface area contributed by atoms with Crippen molar-refractivity contribution in [2.75, 3.05) is 28.6 Å². The standard InChI is InChI=1S/C29H27N5O3S/c1-3-24(35)33-15-7-8-19(17-33)31-28-26-25-23(13-14-30-27(25)38-28)34(29(36)32-26)22-12-11-21(16-18(22)2)37-20-9-5-4-6-10-20/h3-6,9-14,16,19,31H,1,7-8,15,17H2,2H3,(H,32,36). The fraction of sp³-hybridized carbons (Fsp3) is 0.207. The SMILES string of the molecule is C=CC(=O)N1CCCC(Nc2sc3nccc4c3c2NC(=O)N4c2ccc(Oc3ccccc3)cc2C)C1. The number of nitrogens with one attached hydrogen (secondary N) is 2. The maximum Gasteiger partial charge on any atom is 0.331 e. The monoisotopic (exact) mass is 525 g/mol. The van der Waals surface area contributed by atoms with Crippen molar-refractivity contribution in [1.82, 2.24) is 9.88 Å². The van der Waals surface area contributed by atoms with Gasteiger partial charge in [-0.1, -0.05) is 36.1 Å². The van der Waals surface area contributed by atoms with Gasteiger partial charge in [0.2, 0.25) is 5.91 Å². The van der Waals surface area contributed by atoms with Gasteiger partial charge in [-0.25, -0.2) is 9.78 Å². The molecular formula is C29H27N5O3S. The highest BCUT2D eigenvalue weighted by molar-refractivity contribution is 7.23. The maximum absolute atomic E-state index is 13.5. The summed E-state index contributed by atoms with van der Waals surface area (Å²) in [4.78, 5) is 34.6. The first-order valence-electron chi connectivity index (χ1n) is 12.6. The number of aromatic nitrogens is 1. The first-order valence-corrected chi connectivity index (χ1v) is 13.4. The van der Waals surface area contributed by atoms with Crippen LogP contribution in [0.4, 0.5) is 26.9 Å². The highest BCUT2D eigenvalue weighted by atomic mass is 32.1. The molecule has 1 fully saturated rings. The Balaban J connectivity index is 1.31. The molecular weight excluding hydrogens is 498 g/mol. The summed E-state index contributed by atoms with van der Waals surface area (Å²) in [5.41, 5.74) is 3.20. The number of carbonyl (C=O) groups excluding carboxylic acids is 2. The number of carbonyl (C=O) groups is 2. The van der Waals surface area contributed by atoms with E-state index in [9.17, 15) is 9.59 Å². The highest BCUT2D eigenvalue weighted by Crippen LogP contribution is 2.49. The van der Waals surface area contributed by atoms with Crippen LogP contribution in [-0.2, 0) is 4.79 Å². The summed E-state index contributed by atoms with van der Waals surface area (Å²) in [5.74, 6) is 1.40. The van der Waals surface area contributed by atoms with E-state index in [1.807, 2.05) is 66.4 Å². The number of likely N-dealkylation sites (tertiary alicyclic amines) is 1. The van der Waals surface area contributed by atoms with Crippen LogP contribution in [0.25, 0.3) is 10.2 Å². The summed E-state index contributed by atoms with van der Waals surface area (Å²) < 4.78 is 5.98.